The largest absolute Gasteiger partial charge is 0.384 e. The predicted octanol–water partition coefficient (Wildman–Crippen LogP) is 2.23. The fraction of sp³-hybridized carbons (Fsp3) is 0.455. The molecule has 0 bridgehead atoms. The number of hydrogen-bond donors (Lipinski definition) is 2. The van der Waals surface area contributed by atoms with Gasteiger partial charge in [0.15, 0.2) is 0 Å². The van der Waals surface area contributed by atoms with E-state index in [4.69, 9.17) is 17.3 Å². The second-order valence-electron chi connectivity index (χ2n) is 8.21. The molecule has 0 saturated carbocycles. The third-order valence-corrected chi connectivity index (χ3v) is 6.28. The average molecular weight is 459 g/mol. The number of pyridine rings is 1. The van der Waals surface area contributed by atoms with E-state index in [0.29, 0.717) is 50.0 Å². The first-order chi connectivity index (χ1) is 15.3. The van der Waals surface area contributed by atoms with Gasteiger partial charge in [-0.2, -0.15) is 0 Å². The van der Waals surface area contributed by atoms with E-state index in [9.17, 15) is 14.4 Å². The Hall–Kier alpha value is -3.07. The van der Waals surface area contributed by atoms with Crippen LogP contribution < -0.4 is 16.0 Å². The minimum Gasteiger partial charge on any atom is -0.384 e. The molecule has 0 aliphatic carbocycles. The van der Waals surface area contributed by atoms with Crippen LogP contribution in [0.15, 0.2) is 24.3 Å². The van der Waals surface area contributed by atoms with Gasteiger partial charge in [-0.3, -0.25) is 14.5 Å². The monoisotopic (exact) mass is 458 g/mol. The van der Waals surface area contributed by atoms with Crippen molar-refractivity contribution in [1.82, 2.24) is 20.1 Å². The normalized spacial score (nSPS) is 19.8. The molecule has 2 aliphatic rings. The third-order valence-electron chi connectivity index (χ3n) is 6.04. The molecule has 4 rings (SSSR count). The summed E-state index contributed by atoms with van der Waals surface area (Å²) in [6, 6.07) is 6.43. The maximum Gasteiger partial charge on any atom is 0.318 e. The Morgan fingerprint density at radius 2 is 1.88 bits per heavy atom. The van der Waals surface area contributed by atoms with Crippen LogP contribution in [0.2, 0.25) is 5.02 Å². The van der Waals surface area contributed by atoms with Crippen molar-refractivity contribution >= 4 is 51.9 Å². The summed E-state index contributed by atoms with van der Waals surface area (Å²) in [5.41, 5.74) is 7.69. The Bertz CT molecular complexity index is 1050. The minimum absolute atomic E-state index is 0.278. The maximum atomic E-state index is 12.8. The van der Waals surface area contributed by atoms with Crippen molar-refractivity contribution < 1.29 is 14.4 Å². The number of hydrogen-bond acceptors (Lipinski definition) is 6. The zero-order chi connectivity index (χ0) is 22.8. The van der Waals surface area contributed by atoms with Crippen LogP contribution in [-0.2, 0) is 9.59 Å². The predicted molar refractivity (Wildman–Crippen MR) is 124 cm³/mol. The van der Waals surface area contributed by atoms with Gasteiger partial charge in [-0.05, 0) is 37.5 Å². The zero-order valence-electron chi connectivity index (χ0n) is 18.0. The number of rotatable bonds is 2. The number of amides is 4. The average Bonchev–Trinajstić information content (AvgIpc) is 2.94. The zero-order valence-corrected chi connectivity index (χ0v) is 18.8. The number of urea groups is 1. The van der Waals surface area contributed by atoms with Crippen molar-refractivity contribution in [2.75, 3.05) is 43.4 Å². The van der Waals surface area contributed by atoms with Crippen molar-refractivity contribution in [2.24, 2.45) is 0 Å². The second kappa shape index (κ2) is 9.20. The summed E-state index contributed by atoms with van der Waals surface area (Å²) in [4.78, 5) is 46.7. The molecule has 1 aromatic carbocycles. The van der Waals surface area contributed by atoms with Crippen molar-refractivity contribution in [3.63, 3.8) is 0 Å². The molecule has 9 nitrogen and oxygen atoms in total. The van der Waals surface area contributed by atoms with Gasteiger partial charge in [-0.15, -0.1) is 0 Å². The molecule has 3 N–H and O–H groups in total. The van der Waals surface area contributed by atoms with Crippen LogP contribution in [0.1, 0.15) is 26.2 Å². The fourth-order valence-electron chi connectivity index (χ4n) is 4.34. The summed E-state index contributed by atoms with van der Waals surface area (Å²) in [6.07, 6.45) is 2.08. The molecule has 1 aromatic heterocycles. The Labute approximate surface area is 191 Å². The van der Waals surface area contributed by atoms with E-state index in [1.165, 1.54) is 11.8 Å². The van der Waals surface area contributed by atoms with E-state index in [2.05, 4.69) is 15.2 Å². The molecule has 10 heteroatoms. The lowest BCUT2D eigenvalue weighted by Gasteiger charge is -2.37. The molecule has 0 radical (unpaired) electrons. The van der Waals surface area contributed by atoms with Crippen LogP contribution in [0.25, 0.3) is 10.9 Å². The molecule has 1 atom stereocenters. The number of imide groups is 1. The highest BCUT2D eigenvalue weighted by Gasteiger charge is 2.32. The Balaban J connectivity index is 1.42. The highest BCUT2D eigenvalue weighted by molar-refractivity contribution is 6.31. The topological polar surface area (TPSA) is 112 Å². The number of piperazine rings is 1. The number of halogens is 1. The quantitative estimate of drug-likeness (QED) is 0.713. The molecule has 2 fully saturated rings. The van der Waals surface area contributed by atoms with E-state index in [0.717, 1.165) is 29.4 Å². The molecule has 3 heterocycles. The summed E-state index contributed by atoms with van der Waals surface area (Å²) in [6.45, 7) is 4.03. The number of benzene rings is 1. The summed E-state index contributed by atoms with van der Waals surface area (Å²) in [7, 11) is 0. The highest BCUT2D eigenvalue weighted by Crippen LogP contribution is 2.30. The van der Waals surface area contributed by atoms with E-state index < -0.39 is 6.04 Å². The summed E-state index contributed by atoms with van der Waals surface area (Å²) >= 11 is 6.10. The summed E-state index contributed by atoms with van der Waals surface area (Å²) in [5.74, 6) is -0.189. The van der Waals surface area contributed by atoms with E-state index in [1.54, 1.807) is 11.0 Å². The van der Waals surface area contributed by atoms with Crippen molar-refractivity contribution in [2.45, 2.75) is 32.2 Å². The van der Waals surface area contributed by atoms with Gasteiger partial charge in [-0.1, -0.05) is 11.6 Å². The van der Waals surface area contributed by atoms with E-state index >= 15 is 0 Å². The number of carbonyl (C=O) groups excluding carboxylic acids is 3. The van der Waals surface area contributed by atoms with Gasteiger partial charge in [0, 0.05) is 61.8 Å². The van der Waals surface area contributed by atoms with Crippen molar-refractivity contribution in [1.29, 1.82) is 0 Å². The number of nitrogens with zero attached hydrogens (tertiary/aromatic N) is 4. The van der Waals surface area contributed by atoms with Crippen LogP contribution in [0.5, 0.6) is 0 Å². The summed E-state index contributed by atoms with van der Waals surface area (Å²) in [5, 5.41) is 4.39. The van der Waals surface area contributed by atoms with Crippen LogP contribution >= 0.6 is 11.6 Å². The molecule has 1 unspecified atom stereocenters. The lowest BCUT2D eigenvalue weighted by molar-refractivity contribution is -0.144. The molecule has 2 aromatic rings. The molecular formula is C22H27ClN6O3. The van der Waals surface area contributed by atoms with Crippen LogP contribution in [0.4, 0.5) is 16.3 Å². The Morgan fingerprint density at radius 1 is 1.12 bits per heavy atom. The smallest absolute Gasteiger partial charge is 0.318 e. The van der Waals surface area contributed by atoms with Gasteiger partial charge in [0.25, 0.3) is 5.91 Å². The first-order valence-electron chi connectivity index (χ1n) is 10.8. The molecular weight excluding hydrogens is 432 g/mol. The number of fused-ring (bicyclic) bond motifs is 1. The molecule has 2 saturated heterocycles. The number of nitrogens with two attached hydrogens (primary N) is 1. The Kier molecular flexibility index (Phi) is 6.36. The number of likely N-dealkylation sites (tertiary alicyclic amines) is 1. The van der Waals surface area contributed by atoms with Crippen molar-refractivity contribution in [3.8, 4) is 0 Å². The minimum atomic E-state index is -0.666. The standard InChI is InChI=1S/C22H27ClN6O3/c1-14(30)29-7-3-2-4-17(21(29)31)26-22(32)28-10-8-27(9-11-28)19-13-20(24)25-18-12-15(23)5-6-16(18)19/h5-6,12-13,17H,2-4,7-11H2,1H3,(H2,24,25)(H,26,32). The summed E-state index contributed by atoms with van der Waals surface area (Å²) < 4.78 is 0. The first kappa shape index (κ1) is 22.1. The molecule has 4 amide bonds. The third kappa shape index (κ3) is 4.57. The van der Waals surface area contributed by atoms with Crippen molar-refractivity contribution in [3.05, 3.63) is 29.3 Å². The number of nitrogens with one attached hydrogen (secondary N) is 1. The van der Waals surface area contributed by atoms with E-state index in [-0.39, 0.29) is 17.8 Å². The second-order valence-corrected chi connectivity index (χ2v) is 8.65. The van der Waals surface area contributed by atoms with Gasteiger partial charge in [0.05, 0.1) is 5.52 Å². The molecule has 32 heavy (non-hydrogen) atoms. The molecule has 0 spiro atoms. The van der Waals surface area contributed by atoms with Gasteiger partial charge >= 0.3 is 6.03 Å². The highest BCUT2D eigenvalue weighted by atomic mass is 35.5. The first-order valence-corrected chi connectivity index (χ1v) is 11.2. The van der Waals surface area contributed by atoms with Crippen LogP contribution in [-0.4, -0.2) is 71.4 Å². The van der Waals surface area contributed by atoms with Gasteiger partial charge in [0.2, 0.25) is 5.91 Å². The maximum absolute atomic E-state index is 12.8. The van der Waals surface area contributed by atoms with Crippen LogP contribution in [0, 0.1) is 0 Å². The van der Waals surface area contributed by atoms with E-state index in [1.807, 2.05) is 18.2 Å². The molecule has 170 valence electrons. The SMILES string of the molecule is CC(=O)N1CCCCC(NC(=O)N2CCN(c3cc(N)nc4cc(Cl)ccc34)CC2)C1=O. The van der Waals surface area contributed by atoms with Gasteiger partial charge in [0.1, 0.15) is 11.9 Å². The van der Waals surface area contributed by atoms with Gasteiger partial charge < -0.3 is 20.9 Å². The molecule has 2 aliphatic heterocycles. The number of aromatic nitrogens is 1. The number of carbonyl (C=O) groups is 3. The number of anilines is 2. The number of nitrogen functional groups attached to an aromatic ring is 1. The fourth-order valence-corrected chi connectivity index (χ4v) is 4.51. The Morgan fingerprint density at radius 3 is 2.59 bits per heavy atom. The van der Waals surface area contributed by atoms with Gasteiger partial charge in [-0.25, -0.2) is 9.78 Å². The lowest BCUT2D eigenvalue weighted by atomic mass is 10.1. The lowest BCUT2D eigenvalue weighted by Crippen LogP contribution is -2.56. The van der Waals surface area contributed by atoms with Crippen LogP contribution in [0.3, 0.4) is 0 Å².